The van der Waals surface area contributed by atoms with Gasteiger partial charge in [0.05, 0.1) is 6.04 Å². The fourth-order valence-corrected chi connectivity index (χ4v) is 3.77. The van der Waals surface area contributed by atoms with E-state index in [1.165, 1.54) is 17.9 Å². The summed E-state index contributed by atoms with van der Waals surface area (Å²) in [5, 5.41) is 11.8. The molecule has 1 N–H and O–H groups in total. The Bertz CT molecular complexity index is 374. The molecular formula is C12H22N4S. The van der Waals surface area contributed by atoms with Crippen molar-refractivity contribution in [3.8, 4) is 0 Å². The van der Waals surface area contributed by atoms with Gasteiger partial charge in [-0.1, -0.05) is 13.8 Å². The van der Waals surface area contributed by atoms with Crippen molar-refractivity contribution >= 4 is 11.8 Å². The molecule has 0 radical (unpaired) electrons. The largest absolute Gasteiger partial charge is 0.319 e. The lowest BCUT2D eigenvalue weighted by atomic mass is 9.87. The Morgan fingerprint density at radius 3 is 2.94 bits per heavy atom. The molecule has 0 saturated carbocycles. The summed E-state index contributed by atoms with van der Waals surface area (Å²) >= 11 is 2.05. The van der Waals surface area contributed by atoms with Crippen LogP contribution in [-0.4, -0.2) is 32.3 Å². The maximum absolute atomic E-state index is 4.16. The predicted molar refractivity (Wildman–Crippen MR) is 72.1 cm³/mol. The van der Waals surface area contributed by atoms with Crippen LogP contribution in [0.1, 0.15) is 39.1 Å². The van der Waals surface area contributed by atoms with E-state index in [1.54, 1.807) is 6.33 Å². The Balaban J connectivity index is 1.95. The van der Waals surface area contributed by atoms with Gasteiger partial charge in [0.15, 0.2) is 0 Å². The summed E-state index contributed by atoms with van der Waals surface area (Å²) in [6, 6.07) is 0.845. The van der Waals surface area contributed by atoms with Gasteiger partial charge >= 0.3 is 0 Å². The van der Waals surface area contributed by atoms with Crippen molar-refractivity contribution in [1.82, 2.24) is 20.1 Å². The van der Waals surface area contributed by atoms with Gasteiger partial charge in [0.25, 0.3) is 0 Å². The molecule has 5 heteroatoms. The van der Waals surface area contributed by atoms with Crippen LogP contribution in [0.2, 0.25) is 0 Å². The van der Waals surface area contributed by atoms with Gasteiger partial charge in [-0.2, -0.15) is 11.8 Å². The number of hydrogen-bond acceptors (Lipinski definition) is 4. The van der Waals surface area contributed by atoms with Crippen LogP contribution >= 0.6 is 11.8 Å². The molecule has 96 valence electrons. The lowest BCUT2D eigenvalue weighted by molar-refractivity contribution is 0.301. The average molecular weight is 254 g/mol. The Morgan fingerprint density at radius 1 is 1.59 bits per heavy atom. The van der Waals surface area contributed by atoms with E-state index in [1.807, 2.05) is 23.4 Å². The Morgan fingerprint density at radius 2 is 2.35 bits per heavy atom. The lowest BCUT2D eigenvalue weighted by Gasteiger charge is -2.36. The summed E-state index contributed by atoms with van der Waals surface area (Å²) in [5.41, 5.74) is 0.445. The van der Waals surface area contributed by atoms with Gasteiger partial charge < -0.3 is 9.88 Å². The molecule has 2 unspecified atom stereocenters. The Hall–Kier alpha value is -0.550. The van der Waals surface area contributed by atoms with Gasteiger partial charge in [-0.3, -0.25) is 0 Å². The molecule has 0 aromatic carbocycles. The molecule has 1 aliphatic heterocycles. The maximum Gasteiger partial charge on any atom is 0.149 e. The highest BCUT2D eigenvalue weighted by molar-refractivity contribution is 7.99. The number of aromatic nitrogens is 3. The van der Waals surface area contributed by atoms with Crippen molar-refractivity contribution in [3.05, 3.63) is 12.2 Å². The van der Waals surface area contributed by atoms with Crippen molar-refractivity contribution in [2.24, 2.45) is 12.5 Å². The molecule has 17 heavy (non-hydrogen) atoms. The highest BCUT2D eigenvalue weighted by Gasteiger charge is 2.29. The van der Waals surface area contributed by atoms with Gasteiger partial charge in [-0.05, 0) is 24.5 Å². The normalized spacial score (nSPS) is 25.8. The van der Waals surface area contributed by atoms with Crippen LogP contribution in [0.5, 0.6) is 0 Å². The molecule has 4 nitrogen and oxygen atoms in total. The monoisotopic (exact) mass is 254 g/mol. The molecule has 1 aliphatic rings. The van der Waals surface area contributed by atoms with Crippen molar-refractivity contribution in [3.63, 3.8) is 0 Å². The smallest absolute Gasteiger partial charge is 0.149 e. The molecule has 2 rings (SSSR count). The number of nitrogens with one attached hydrogen (secondary N) is 1. The van der Waals surface area contributed by atoms with Crippen molar-refractivity contribution in [1.29, 1.82) is 0 Å². The van der Waals surface area contributed by atoms with E-state index < -0.39 is 0 Å². The van der Waals surface area contributed by atoms with Crippen LogP contribution < -0.4 is 5.32 Å². The molecule has 0 aliphatic carbocycles. The fourth-order valence-electron chi connectivity index (χ4n) is 2.48. The minimum Gasteiger partial charge on any atom is -0.319 e. The topological polar surface area (TPSA) is 42.7 Å². The molecular weight excluding hydrogens is 232 g/mol. The van der Waals surface area contributed by atoms with Crippen LogP contribution in [0.15, 0.2) is 6.33 Å². The highest BCUT2D eigenvalue weighted by atomic mass is 32.2. The van der Waals surface area contributed by atoms with E-state index in [2.05, 4.69) is 36.3 Å². The maximum atomic E-state index is 4.16. The zero-order valence-corrected chi connectivity index (χ0v) is 11.9. The van der Waals surface area contributed by atoms with E-state index in [4.69, 9.17) is 0 Å². The van der Waals surface area contributed by atoms with Gasteiger partial charge in [0.1, 0.15) is 12.2 Å². The minimum absolute atomic E-state index is 0.266. The van der Waals surface area contributed by atoms with E-state index in [-0.39, 0.29) is 6.04 Å². The van der Waals surface area contributed by atoms with Gasteiger partial charge in [-0.15, -0.1) is 10.2 Å². The first-order valence-electron chi connectivity index (χ1n) is 6.16. The quantitative estimate of drug-likeness (QED) is 0.896. The molecule has 1 saturated heterocycles. The van der Waals surface area contributed by atoms with Crippen LogP contribution in [0, 0.1) is 5.41 Å². The third-order valence-corrected chi connectivity index (χ3v) is 4.85. The lowest BCUT2D eigenvalue weighted by Crippen LogP contribution is -2.41. The standard InChI is InChI=1S/C12H22N4S/c1-9(11-15-13-8-16(11)4)14-10-5-12(2,3)7-17-6-10/h8-10,14H,5-7H2,1-4H3. The number of thioether (sulfide) groups is 1. The SMILES string of the molecule is CC(NC1CSCC(C)(C)C1)c1nncn1C. The number of rotatable bonds is 3. The Kier molecular flexibility index (Phi) is 3.78. The minimum atomic E-state index is 0.266. The average Bonchev–Trinajstić information content (AvgIpc) is 2.62. The van der Waals surface area contributed by atoms with E-state index in [0.29, 0.717) is 11.5 Å². The van der Waals surface area contributed by atoms with Crippen molar-refractivity contribution < 1.29 is 0 Å². The molecule has 2 atom stereocenters. The van der Waals surface area contributed by atoms with E-state index in [0.717, 1.165) is 5.82 Å². The van der Waals surface area contributed by atoms with Crippen molar-refractivity contribution in [2.75, 3.05) is 11.5 Å². The first-order valence-corrected chi connectivity index (χ1v) is 7.31. The summed E-state index contributed by atoms with van der Waals surface area (Å²) in [7, 11) is 1.99. The second kappa shape index (κ2) is 4.98. The zero-order chi connectivity index (χ0) is 12.5. The van der Waals surface area contributed by atoms with E-state index >= 15 is 0 Å². The summed E-state index contributed by atoms with van der Waals surface area (Å²) in [4.78, 5) is 0. The number of nitrogens with zero attached hydrogens (tertiary/aromatic N) is 3. The number of aryl methyl sites for hydroxylation is 1. The molecule has 1 aromatic heterocycles. The summed E-state index contributed by atoms with van der Waals surface area (Å²) in [5.74, 6) is 3.48. The second-order valence-electron chi connectivity index (χ2n) is 5.77. The van der Waals surface area contributed by atoms with E-state index in [9.17, 15) is 0 Å². The number of hydrogen-bond donors (Lipinski definition) is 1. The van der Waals surface area contributed by atoms with Crippen molar-refractivity contribution in [2.45, 2.75) is 39.3 Å². The first-order chi connectivity index (χ1) is 7.98. The molecule has 0 bridgehead atoms. The molecule has 0 spiro atoms. The molecule has 1 aromatic rings. The van der Waals surface area contributed by atoms with Crippen LogP contribution in [-0.2, 0) is 7.05 Å². The van der Waals surface area contributed by atoms with Gasteiger partial charge in [-0.25, -0.2) is 0 Å². The zero-order valence-electron chi connectivity index (χ0n) is 11.1. The predicted octanol–water partition coefficient (Wildman–Crippen LogP) is 2.00. The summed E-state index contributed by atoms with van der Waals surface area (Å²) < 4.78 is 1.98. The second-order valence-corrected chi connectivity index (χ2v) is 6.80. The highest BCUT2D eigenvalue weighted by Crippen LogP contribution is 2.34. The summed E-state index contributed by atoms with van der Waals surface area (Å²) in [6.07, 6.45) is 3.00. The van der Waals surface area contributed by atoms with Gasteiger partial charge in [0, 0.05) is 18.8 Å². The third kappa shape index (κ3) is 3.22. The molecule has 2 heterocycles. The van der Waals surface area contributed by atoms with Crippen LogP contribution in [0.4, 0.5) is 0 Å². The third-order valence-electron chi connectivity index (χ3n) is 3.23. The fraction of sp³-hybridized carbons (Fsp3) is 0.833. The summed E-state index contributed by atoms with van der Waals surface area (Å²) in [6.45, 7) is 6.86. The van der Waals surface area contributed by atoms with Crippen LogP contribution in [0.25, 0.3) is 0 Å². The molecule has 0 amide bonds. The molecule has 1 fully saturated rings. The van der Waals surface area contributed by atoms with Crippen LogP contribution in [0.3, 0.4) is 0 Å². The Labute approximate surface area is 108 Å². The first kappa shape index (κ1) is 12.9. The van der Waals surface area contributed by atoms with Gasteiger partial charge in [0.2, 0.25) is 0 Å².